The molecule has 1 fully saturated rings. The summed E-state index contributed by atoms with van der Waals surface area (Å²) in [4.78, 5) is 38.1. The number of hydrogen-bond acceptors (Lipinski definition) is 3. The molecule has 2 aromatic carbocycles. The quantitative estimate of drug-likeness (QED) is 0.726. The van der Waals surface area contributed by atoms with Crippen LogP contribution in [0.1, 0.15) is 19.8 Å². The number of amides is 4. The maximum absolute atomic E-state index is 12.7. The number of nitrogens with one attached hydrogen (secondary N) is 3. The van der Waals surface area contributed by atoms with Gasteiger partial charge in [-0.05, 0) is 43.2 Å². The SMILES string of the molecule is CC(=O)Nc1cccc(NC(=O)[C@H]2CCCN2C(=O)Nc2ccccc2Cl)c1. The second-order valence-corrected chi connectivity index (χ2v) is 6.92. The van der Waals surface area contributed by atoms with Crippen LogP contribution in [0, 0.1) is 0 Å². The minimum atomic E-state index is -0.577. The van der Waals surface area contributed by atoms with Gasteiger partial charge in [0.15, 0.2) is 0 Å². The van der Waals surface area contributed by atoms with Gasteiger partial charge in [0.25, 0.3) is 0 Å². The number of carbonyl (C=O) groups is 3. The Morgan fingerprint density at radius 2 is 1.71 bits per heavy atom. The summed E-state index contributed by atoms with van der Waals surface area (Å²) in [6.45, 7) is 1.90. The van der Waals surface area contributed by atoms with Crippen LogP contribution in [0.4, 0.5) is 21.9 Å². The molecular weight excluding hydrogens is 380 g/mol. The van der Waals surface area contributed by atoms with E-state index in [-0.39, 0.29) is 17.8 Å². The van der Waals surface area contributed by atoms with Crippen molar-refractivity contribution in [2.75, 3.05) is 22.5 Å². The van der Waals surface area contributed by atoms with Crippen molar-refractivity contribution in [3.63, 3.8) is 0 Å². The van der Waals surface area contributed by atoms with Gasteiger partial charge < -0.3 is 20.9 Å². The number of para-hydroxylation sites is 1. The van der Waals surface area contributed by atoms with Gasteiger partial charge in [-0.15, -0.1) is 0 Å². The van der Waals surface area contributed by atoms with Crippen molar-refractivity contribution < 1.29 is 14.4 Å². The predicted octanol–water partition coefficient (Wildman–Crippen LogP) is 3.93. The van der Waals surface area contributed by atoms with E-state index >= 15 is 0 Å². The summed E-state index contributed by atoms with van der Waals surface area (Å²) < 4.78 is 0. The summed E-state index contributed by atoms with van der Waals surface area (Å²) in [7, 11) is 0. The van der Waals surface area contributed by atoms with Gasteiger partial charge in [-0.2, -0.15) is 0 Å². The van der Waals surface area contributed by atoms with Crippen LogP contribution < -0.4 is 16.0 Å². The van der Waals surface area contributed by atoms with Crippen LogP contribution in [0.5, 0.6) is 0 Å². The van der Waals surface area contributed by atoms with Crippen LogP contribution >= 0.6 is 11.6 Å². The minimum Gasteiger partial charge on any atom is -0.326 e. The Bertz CT molecular complexity index is 903. The van der Waals surface area contributed by atoms with Gasteiger partial charge in [-0.25, -0.2) is 4.79 Å². The van der Waals surface area contributed by atoms with Crippen molar-refractivity contribution in [2.45, 2.75) is 25.8 Å². The molecule has 7 nitrogen and oxygen atoms in total. The Morgan fingerprint density at radius 3 is 2.43 bits per heavy atom. The summed E-state index contributed by atoms with van der Waals surface area (Å²) >= 11 is 6.09. The summed E-state index contributed by atoms with van der Waals surface area (Å²) in [6.07, 6.45) is 1.31. The minimum absolute atomic E-state index is 0.193. The van der Waals surface area contributed by atoms with E-state index in [0.29, 0.717) is 35.1 Å². The monoisotopic (exact) mass is 400 g/mol. The Labute approximate surface area is 168 Å². The highest BCUT2D eigenvalue weighted by atomic mass is 35.5. The molecule has 0 unspecified atom stereocenters. The molecule has 3 rings (SSSR count). The highest BCUT2D eigenvalue weighted by molar-refractivity contribution is 6.33. The number of halogens is 1. The predicted molar refractivity (Wildman–Crippen MR) is 110 cm³/mol. The second-order valence-electron chi connectivity index (χ2n) is 6.51. The smallest absolute Gasteiger partial charge is 0.322 e. The molecule has 0 aliphatic carbocycles. The molecular formula is C20H21ClN4O3. The number of urea groups is 1. The fourth-order valence-corrected chi connectivity index (χ4v) is 3.32. The topological polar surface area (TPSA) is 90.5 Å². The fraction of sp³-hybridized carbons (Fsp3) is 0.250. The zero-order chi connectivity index (χ0) is 20.1. The van der Waals surface area contributed by atoms with Crippen molar-refractivity contribution in [1.29, 1.82) is 0 Å². The van der Waals surface area contributed by atoms with Crippen molar-refractivity contribution in [2.24, 2.45) is 0 Å². The summed E-state index contributed by atoms with van der Waals surface area (Å²) in [6, 6.07) is 12.9. The van der Waals surface area contributed by atoms with Gasteiger partial charge in [-0.1, -0.05) is 29.8 Å². The maximum atomic E-state index is 12.7. The van der Waals surface area contributed by atoms with Gasteiger partial charge in [0.2, 0.25) is 11.8 Å². The molecule has 3 N–H and O–H groups in total. The van der Waals surface area contributed by atoms with Gasteiger partial charge in [-0.3, -0.25) is 9.59 Å². The molecule has 1 heterocycles. The summed E-state index contributed by atoms with van der Waals surface area (Å²) in [5.74, 6) is -0.464. The first kappa shape index (κ1) is 19.7. The van der Waals surface area contributed by atoms with Crippen LogP contribution in [0.2, 0.25) is 5.02 Å². The van der Waals surface area contributed by atoms with E-state index < -0.39 is 6.04 Å². The lowest BCUT2D eigenvalue weighted by molar-refractivity contribution is -0.119. The first-order valence-electron chi connectivity index (χ1n) is 8.95. The van der Waals surface area contributed by atoms with Gasteiger partial charge in [0, 0.05) is 24.8 Å². The van der Waals surface area contributed by atoms with Crippen LogP contribution in [-0.4, -0.2) is 35.3 Å². The lowest BCUT2D eigenvalue weighted by Gasteiger charge is -2.24. The first-order chi connectivity index (χ1) is 13.4. The molecule has 0 radical (unpaired) electrons. The number of rotatable bonds is 4. The van der Waals surface area contributed by atoms with Crippen molar-refractivity contribution in [3.8, 4) is 0 Å². The number of likely N-dealkylation sites (tertiary alicyclic amines) is 1. The number of benzene rings is 2. The Kier molecular flexibility index (Phi) is 6.16. The second kappa shape index (κ2) is 8.75. The molecule has 4 amide bonds. The van der Waals surface area contributed by atoms with Crippen molar-refractivity contribution in [1.82, 2.24) is 4.90 Å². The van der Waals surface area contributed by atoms with E-state index in [1.165, 1.54) is 11.8 Å². The third-order valence-corrected chi connectivity index (χ3v) is 4.71. The fourth-order valence-electron chi connectivity index (χ4n) is 3.14. The van der Waals surface area contributed by atoms with E-state index in [1.54, 1.807) is 48.5 Å². The van der Waals surface area contributed by atoms with E-state index in [2.05, 4.69) is 16.0 Å². The Balaban J connectivity index is 1.67. The Morgan fingerprint density at radius 1 is 1.00 bits per heavy atom. The van der Waals surface area contributed by atoms with Crippen LogP contribution in [0.3, 0.4) is 0 Å². The molecule has 1 atom stereocenters. The van der Waals surface area contributed by atoms with Crippen LogP contribution in [0.25, 0.3) is 0 Å². The van der Waals surface area contributed by atoms with Crippen LogP contribution in [0.15, 0.2) is 48.5 Å². The molecule has 2 aromatic rings. The third kappa shape index (κ3) is 4.80. The van der Waals surface area contributed by atoms with Gasteiger partial charge in [0.05, 0.1) is 10.7 Å². The lowest BCUT2D eigenvalue weighted by Crippen LogP contribution is -2.45. The van der Waals surface area contributed by atoms with E-state index in [1.807, 2.05) is 0 Å². The number of carbonyl (C=O) groups excluding carboxylic acids is 3. The molecule has 146 valence electrons. The highest BCUT2D eigenvalue weighted by Gasteiger charge is 2.34. The normalized spacial score (nSPS) is 15.8. The molecule has 1 saturated heterocycles. The molecule has 1 aliphatic heterocycles. The maximum Gasteiger partial charge on any atom is 0.322 e. The average Bonchev–Trinajstić information content (AvgIpc) is 3.13. The third-order valence-electron chi connectivity index (χ3n) is 4.38. The van der Waals surface area contributed by atoms with Gasteiger partial charge >= 0.3 is 6.03 Å². The standard InChI is InChI=1S/C20H21ClN4O3/c1-13(26)22-14-6-4-7-15(12-14)23-19(27)18-10-5-11-25(18)20(28)24-17-9-3-2-8-16(17)21/h2-4,6-9,12,18H,5,10-11H2,1H3,(H,22,26)(H,23,27)(H,24,28)/t18-/m1/s1. The molecule has 8 heteroatoms. The molecule has 1 aliphatic rings. The van der Waals surface area contributed by atoms with Crippen molar-refractivity contribution >= 4 is 46.5 Å². The van der Waals surface area contributed by atoms with E-state index in [0.717, 1.165) is 6.42 Å². The summed E-state index contributed by atoms with van der Waals surface area (Å²) in [5, 5.41) is 8.69. The largest absolute Gasteiger partial charge is 0.326 e. The van der Waals surface area contributed by atoms with Crippen LogP contribution in [-0.2, 0) is 9.59 Å². The number of anilines is 3. The lowest BCUT2D eigenvalue weighted by atomic mass is 10.2. The number of hydrogen-bond donors (Lipinski definition) is 3. The average molecular weight is 401 g/mol. The number of nitrogens with zero attached hydrogens (tertiary/aromatic N) is 1. The van der Waals surface area contributed by atoms with E-state index in [4.69, 9.17) is 11.6 Å². The zero-order valence-corrected chi connectivity index (χ0v) is 16.1. The molecule has 0 bridgehead atoms. The molecule has 0 aromatic heterocycles. The first-order valence-corrected chi connectivity index (χ1v) is 9.32. The Hall–Kier alpha value is -3.06. The van der Waals surface area contributed by atoms with Crippen molar-refractivity contribution in [3.05, 3.63) is 53.6 Å². The highest BCUT2D eigenvalue weighted by Crippen LogP contribution is 2.24. The molecule has 28 heavy (non-hydrogen) atoms. The molecule has 0 spiro atoms. The summed E-state index contributed by atoms with van der Waals surface area (Å²) in [5.41, 5.74) is 1.64. The zero-order valence-electron chi connectivity index (χ0n) is 15.4. The van der Waals surface area contributed by atoms with E-state index in [9.17, 15) is 14.4 Å². The molecule has 0 saturated carbocycles. The van der Waals surface area contributed by atoms with Gasteiger partial charge in [0.1, 0.15) is 6.04 Å².